The second-order valence-electron chi connectivity index (χ2n) is 5.81. The average molecular weight is 329 g/mol. The molecule has 1 aliphatic heterocycles. The van der Waals surface area contributed by atoms with E-state index in [1.807, 2.05) is 36.7 Å². The molecule has 0 bridgehead atoms. The van der Waals surface area contributed by atoms with Gasteiger partial charge >= 0.3 is 0 Å². The number of rotatable bonds is 2. The zero-order valence-electron chi connectivity index (χ0n) is 12.6. The fraction of sp³-hybridized carbons (Fsp3) is 0.294. The molecule has 0 unspecified atom stereocenters. The van der Waals surface area contributed by atoms with Gasteiger partial charge in [0.15, 0.2) is 11.5 Å². The van der Waals surface area contributed by atoms with Crippen molar-refractivity contribution in [3.8, 4) is 11.3 Å². The quantitative estimate of drug-likeness (QED) is 0.785. The van der Waals surface area contributed by atoms with Gasteiger partial charge in [0.1, 0.15) is 0 Å². The van der Waals surface area contributed by atoms with Crippen LogP contribution in [0.3, 0.4) is 0 Å². The molecule has 23 heavy (non-hydrogen) atoms. The van der Waals surface area contributed by atoms with Gasteiger partial charge in [-0.1, -0.05) is 23.7 Å². The van der Waals surface area contributed by atoms with Crippen LogP contribution in [0, 0.1) is 0 Å². The third kappa shape index (κ3) is 2.66. The van der Waals surface area contributed by atoms with Gasteiger partial charge in [-0.2, -0.15) is 0 Å². The first-order chi connectivity index (χ1) is 11.2. The van der Waals surface area contributed by atoms with E-state index in [1.54, 1.807) is 6.20 Å². The molecular weight excluding hydrogens is 312 g/mol. The summed E-state index contributed by atoms with van der Waals surface area (Å²) in [4.78, 5) is 11.3. The average Bonchev–Trinajstić information content (AvgIpc) is 3.00. The Bertz CT molecular complexity index is 822. The van der Waals surface area contributed by atoms with Crippen LogP contribution in [0.1, 0.15) is 12.8 Å². The van der Waals surface area contributed by atoms with E-state index < -0.39 is 0 Å². The van der Waals surface area contributed by atoms with E-state index in [2.05, 4.69) is 19.3 Å². The topological polar surface area (TPSA) is 53.7 Å². The fourth-order valence-corrected chi connectivity index (χ4v) is 3.17. The second kappa shape index (κ2) is 5.83. The molecule has 4 rings (SSSR count). The number of aliphatic hydroxyl groups excluding tert-OH is 1. The molecule has 1 aliphatic rings. The molecule has 0 amide bonds. The van der Waals surface area contributed by atoms with E-state index >= 15 is 0 Å². The monoisotopic (exact) mass is 328 g/mol. The molecule has 0 atom stereocenters. The smallest absolute Gasteiger partial charge is 0.180 e. The van der Waals surface area contributed by atoms with Crippen LogP contribution < -0.4 is 4.90 Å². The Morgan fingerprint density at radius 2 is 1.83 bits per heavy atom. The van der Waals surface area contributed by atoms with Gasteiger partial charge < -0.3 is 10.0 Å². The van der Waals surface area contributed by atoms with Crippen molar-refractivity contribution in [1.29, 1.82) is 0 Å². The van der Waals surface area contributed by atoms with Crippen molar-refractivity contribution in [1.82, 2.24) is 14.4 Å². The van der Waals surface area contributed by atoms with Crippen molar-refractivity contribution in [3.05, 3.63) is 47.9 Å². The van der Waals surface area contributed by atoms with Crippen LogP contribution in [0.15, 0.2) is 42.9 Å². The molecule has 1 fully saturated rings. The molecule has 2 aromatic heterocycles. The fourth-order valence-electron chi connectivity index (χ4n) is 3.04. The largest absolute Gasteiger partial charge is 0.393 e. The van der Waals surface area contributed by atoms with Crippen LogP contribution in [-0.4, -0.2) is 38.7 Å². The Hall–Kier alpha value is -2.11. The van der Waals surface area contributed by atoms with E-state index in [-0.39, 0.29) is 6.10 Å². The van der Waals surface area contributed by atoms with Crippen LogP contribution in [0.2, 0.25) is 5.02 Å². The number of hydrogen-bond donors (Lipinski definition) is 1. The zero-order valence-corrected chi connectivity index (χ0v) is 13.3. The number of fused-ring (bicyclic) bond motifs is 1. The van der Waals surface area contributed by atoms with Crippen molar-refractivity contribution >= 4 is 23.1 Å². The normalized spacial score (nSPS) is 16.2. The van der Waals surface area contributed by atoms with Crippen molar-refractivity contribution in [2.24, 2.45) is 0 Å². The number of halogens is 1. The summed E-state index contributed by atoms with van der Waals surface area (Å²) in [7, 11) is 0. The summed E-state index contributed by atoms with van der Waals surface area (Å²) < 4.78 is 2.05. The van der Waals surface area contributed by atoms with Crippen molar-refractivity contribution in [2.45, 2.75) is 18.9 Å². The third-order valence-electron chi connectivity index (χ3n) is 4.31. The van der Waals surface area contributed by atoms with Crippen LogP contribution in [0.5, 0.6) is 0 Å². The van der Waals surface area contributed by atoms with Crippen LogP contribution >= 0.6 is 11.6 Å². The van der Waals surface area contributed by atoms with E-state index in [0.717, 1.165) is 53.7 Å². The first-order valence-electron chi connectivity index (χ1n) is 7.73. The number of anilines is 1. The van der Waals surface area contributed by atoms with Crippen LogP contribution in [-0.2, 0) is 0 Å². The Morgan fingerprint density at radius 3 is 2.57 bits per heavy atom. The van der Waals surface area contributed by atoms with Crippen molar-refractivity contribution < 1.29 is 5.11 Å². The van der Waals surface area contributed by atoms with E-state index in [9.17, 15) is 5.11 Å². The lowest BCUT2D eigenvalue weighted by molar-refractivity contribution is 0.145. The minimum absolute atomic E-state index is 0.199. The van der Waals surface area contributed by atoms with Gasteiger partial charge in [-0.05, 0) is 25.0 Å². The Morgan fingerprint density at radius 1 is 1.09 bits per heavy atom. The third-order valence-corrected chi connectivity index (χ3v) is 4.57. The van der Waals surface area contributed by atoms with Crippen LogP contribution in [0.25, 0.3) is 16.9 Å². The van der Waals surface area contributed by atoms with E-state index in [0.29, 0.717) is 0 Å². The molecule has 1 N–H and O–H groups in total. The first-order valence-corrected chi connectivity index (χ1v) is 8.11. The lowest BCUT2D eigenvalue weighted by atomic mass is 10.1. The molecule has 1 saturated heterocycles. The van der Waals surface area contributed by atoms with E-state index in [1.165, 1.54) is 0 Å². The first kappa shape index (κ1) is 14.5. The molecule has 0 radical (unpaired) electrons. The minimum atomic E-state index is -0.199. The number of nitrogens with zero attached hydrogens (tertiary/aromatic N) is 4. The maximum atomic E-state index is 9.68. The molecule has 3 aromatic rings. The van der Waals surface area contributed by atoms with Crippen molar-refractivity contribution in [3.63, 3.8) is 0 Å². The molecule has 3 heterocycles. The second-order valence-corrected chi connectivity index (χ2v) is 6.25. The molecule has 6 heteroatoms. The molecule has 0 aliphatic carbocycles. The summed E-state index contributed by atoms with van der Waals surface area (Å²) >= 11 is 5.97. The lowest BCUT2D eigenvalue weighted by Crippen LogP contribution is -2.36. The molecule has 5 nitrogen and oxygen atoms in total. The van der Waals surface area contributed by atoms with Gasteiger partial charge in [0.2, 0.25) is 0 Å². The maximum absolute atomic E-state index is 9.68. The summed E-state index contributed by atoms with van der Waals surface area (Å²) in [6.45, 7) is 1.61. The van der Waals surface area contributed by atoms with Gasteiger partial charge in [-0.3, -0.25) is 4.40 Å². The lowest BCUT2D eigenvalue weighted by Gasteiger charge is -2.30. The number of imidazole rings is 1. The summed E-state index contributed by atoms with van der Waals surface area (Å²) in [5.74, 6) is 0.875. The maximum Gasteiger partial charge on any atom is 0.180 e. The highest BCUT2D eigenvalue weighted by molar-refractivity contribution is 6.30. The number of aromatic nitrogens is 3. The molecule has 0 spiro atoms. The predicted octanol–water partition coefficient (Wildman–Crippen LogP) is 3.01. The molecule has 1 aromatic carbocycles. The molecular formula is C17H17ClN4O. The van der Waals surface area contributed by atoms with Gasteiger partial charge in [0, 0.05) is 36.1 Å². The minimum Gasteiger partial charge on any atom is -0.393 e. The zero-order chi connectivity index (χ0) is 15.8. The molecule has 118 valence electrons. The van der Waals surface area contributed by atoms with E-state index in [4.69, 9.17) is 11.6 Å². The standard InChI is InChI=1S/C17H17ClN4O/c18-13-3-1-12(2-4-13)15-11-20-17-16(19-7-10-22(15)17)21-8-5-14(23)6-9-21/h1-4,7,10-11,14,23H,5-6,8-9H2. The Labute approximate surface area is 139 Å². The molecule has 0 saturated carbocycles. The van der Waals surface area contributed by atoms with Crippen molar-refractivity contribution in [2.75, 3.05) is 18.0 Å². The summed E-state index contributed by atoms with van der Waals surface area (Å²) in [6, 6.07) is 7.74. The van der Waals surface area contributed by atoms with Crippen LogP contribution in [0.4, 0.5) is 5.82 Å². The van der Waals surface area contributed by atoms with Gasteiger partial charge in [0.25, 0.3) is 0 Å². The number of hydrogen-bond acceptors (Lipinski definition) is 4. The summed E-state index contributed by atoms with van der Waals surface area (Å²) in [5, 5.41) is 10.4. The Balaban J connectivity index is 1.76. The van der Waals surface area contributed by atoms with Gasteiger partial charge in [-0.15, -0.1) is 0 Å². The summed E-state index contributed by atoms with van der Waals surface area (Å²) in [5.41, 5.74) is 2.92. The summed E-state index contributed by atoms with van der Waals surface area (Å²) in [6.07, 6.45) is 6.93. The SMILES string of the molecule is OC1CCN(c2nccn3c(-c4ccc(Cl)cc4)cnc23)CC1. The Kier molecular flexibility index (Phi) is 3.67. The predicted molar refractivity (Wildman–Crippen MR) is 90.9 cm³/mol. The number of benzene rings is 1. The highest BCUT2D eigenvalue weighted by atomic mass is 35.5. The van der Waals surface area contributed by atoms with Gasteiger partial charge in [0.05, 0.1) is 18.0 Å². The van der Waals surface area contributed by atoms with Gasteiger partial charge in [-0.25, -0.2) is 9.97 Å². The highest BCUT2D eigenvalue weighted by Crippen LogP contribution is 2.27. The number of piperidine rings is 1. The number of aliphatic hydroxyl groups is 1. The highest BCUT2D eigenvalue weighted by Gasteiger charge is 2.21.